The third-order valence-electron chi connectivity index (χ3n) is 15.2. The number of rotatable bonds is 21. The fourth-order valence-corrected chi connectivity index (χ4v) is 11.1. The molecule has 0 aromatic rings. The van der Waals surface area contributed by atoms with Gasteiger partial charge in [-0.3, -0.25) is 38.9 Å². The second-order valence-electron chi connectivity index (χ2n) is 20.5. The fourth-order valence-electron chi connectivity index (χ4n) is 11.1. The molecule has 4 aliphatic heterocycles. The molecule has 0 spiro atoms. The molecule has 4 aliphatic rings. The molecule has 4 rings (SSSR count). The maximum Gasteiger partial charge on any atom is 2.00 e. The first-order valence-corrected chi connectivity index (χ1v) is 22.7. The second-order valence-corrected chi connectivity index (χ2v) is 20.5. The maximum absolute atomic E-state index is 13.4. The standard InChI is InChI=1S/C47H76N11O6.CH3.Co/c1-25(2)39-30(13-16-36(52)62)46(9,23-49)47(10,58-39)42-31(21-48)45(8,18-17-38(64)54-22-26(3)59)41(57-42)27(4)40-29(12-15-35(51)61)43(5,6)33(56-40)19-32-28(11-14-34(50)60)44(7,24-55-32)20-37(53)63;;/h19,24,26,28-31,42,59H,11-18,20-23,48-49H2,1-10H3,(H2,50,60)(H2,51,61)(H2,52,62)(H2,53,63)(H,54,64);1H3;/q2*-1;+2/b32-19-,40-27-;;. The van der Waals surface area contributed by atoms with E-state index in [1.54, 1.807) is 13.1 Å². The monoisotopic (exact) mass is 965 g/mol. The number of nitrogens with zero attached hydrogens (tertiary/aromatic N) is 4. The number of aliphatic hydroxyl groups excluding tert-OH is 1. The third kappa shape index (κ3) is 11.5. The Hall–Kier alpha value is -4.23. The molecule has 4 heterocycles. The molecule has 10 atom stereocenters. The topological polar surface area (TPSA) is 325 Å². The average Bonchev–Trinajstić information content (AvgIpc) is 3.83. The van der Waals surface area contributed by atoms with Crippen molar-refractivity contribution in [3.63, 3.8) is 0 Å². The molecular weight excluding hydrogens is 886 g/mol. The van der Waals surface area contributed by atoms with E-state index in [1.165, 1.54) is 0 Å². The Morgan fingerprint density at radius 1 is 0.848 bits per heavy atom. The van der Waals surface area contributed by atoms with Gasteiger partial charge in [-0.05, 0) is 89.4 Å². The Morgan fingerprint density at radius 3 is 1.88 bits per heavy atom. The number of carbonyl (C=O) groups excluding carboxylic acids is 5. The van der Waals surface area contributed by atoms with Crippen LogP contribution in [0.25, 0.3) is 5.32 Å². The van der Waals surface area contributed by atoms with Crippen LogP contribution in [0.3, 0.4) is 0 Å². The molecule has 0 aliphatic carbocycles. The zero-order chi connectivity index (χ0) is 48.3. The molecule has 14 N–H and O–H groups in total. The molecule has 17 nitrogen and oxygen atoms in total. The first kappa shape index (κ1) is 57.9. The van der Waals surface area contributed by atoms with E-state index in [-0.39, 0.29) is 106 Å². The molecule has 1 radical (unpaired) electrons. The van der Waals surface area contributed by atoms with Gasteiger partial charge in [0.2, 0.25) is 29.5 Å². The van der Waals surface area contributed by atoms with Crippen LogP contribution < -0.4 is 39.7 Å². The minimum absolute atomic E-state index is 0. The first-order valence-electron chi connectivity index (χ1n) is 22.7. The third-order valence-corrected chi connectivity index (χ3v) is 15.2. The van der Waals surface area contributed by atoms with Crippen LogP contribution in [0.1, 0.15) is 127 Å². The number of hydrogen-bond acceptors (Lipinski definition) is 11. The molecule has 5 amide bonds. The Labute approximate surface area is 403 Å². The van der Waals surface area contributed by atoms with Crippen LogP contribution in [-0.2, 0) is 40.8 Å². The molecule has 0 aromatic carbocycles. The summed E-state index contributed by atoms with van der Waals surface area (Å²) in [7, 11) is 0. The van der Waals surface area contributed by atoms with Gasteiger partial charge < -0.3 is 57.6 Å². The van der Waals surface area contributed by atoms with Crippen molar-refractivity contribution in [2.75, 3.05) is 19.6 Å². The number of carbonyl (C=O) groups is 5. The van der Waals surface area contributed by atoms with E-state index in [1.807, 2.05) is 33.8 Å². The summed E-state index contributed by atoms with van der Waals surface area (Å²) in [5.41, 5.74) is 37.9. The Morgan fingerprint density at radius 2 is 1.39 bits per heavy atom. The number of nitrogens with one attached hydrogen (secondary N) is 1. The van der Waals surface area contributed by atoms with Gasteiger partial charge in [-0.25, -0.2) is 0 Å². The van der Waals surface area contributed by atoms with Crippen LogP contribution in [0.5, 0.6) is 0 Å². The summed E-state index contributed by atoms with van der Waals surface area (Å²) in [4.78, 5) is 78.1. The van der Waals surface area contributed by atoms with Crippen molar-refractivity contribution in [1.29, 1.82) is 0 Å². The zero-order valence-electron chi connectivity index (χ0n) is 41.2. The predicted octanol–water partition coefficient (Wildman–Crippen LogP) is 3.77. The van der Waals surface area contributed by atoms with Gasteiger partial charge in [0, 0.05) is 108 Å². The van der Waals surface area contributed by atoms with Crippen LogP contribution >= 0.6 is 0 Å². The first-order chi connectivity index (χ1) is 29.6. The van der Waals surface area contributed by atoms with Crippen LogP contribution in [0, 0.1) is 52.8 Å². The van der Waals surface area contributed by atoms with Gasteiger partial charge >= 0.3 is 16.8 Å². The van der Waals surface area contributed by atoms with Gasteiger partial charge in [0.15, 0.2) is 0 Å². The molecule has 10 unspecified atom stereocenters. The van der Waals surface area contributed by atoms with Crippen LogP contribution in [-0.4, -0.2) is 89.6 Å². The summed E-state index contributed by atoms with van der Waals surface area (Å²) < 4.78 is 0. The van der Waals surface area contributed by atoms with Crippen molar-refractivity contribution in [3.8, 4) is 0 Å². The average molecular weight is 965 g/mol. The van der Waals surface area contributed by atoms with E-state index < -0.39 is 63.0 Å². The minimum Gasteiger partial charge on any atom is -0.680 e. The van der Waals surface area contributed by atoms with Crippen molar-refractivity contribution < 1.29 is 45.9 Å². The van der Waals surface area contributed by atoms with Crippen molar-refractivity contribution in [1.82, 2.24) is 5.32 Å². The molecule has 1 saturated heterocycles. The summed E-state index contributed by atoms with van der Waals surface area (Å²) in [6, 6.07) is -0.527. The van der Waals surface area contributed by atoms with Crippen molar-refractivity contribution in [2.45, 2.75) is 145 Å². The van der Waals surface area contributed by atoms with Crippen LogP contribution in [0.2, 0.25) is 0 Å². The van der Waals surface area contributed by atoms with Gasteiger partial charge in [-0.1, -0.05) is 52.7 Å². The normalized spacial score (nSPS) is 32.7. The Balaban J connectivity index is 0.00000748. The minimum atomic E-state index is -0.916. The fraction of sp³-hybridized carbons (Fsp3) is 0.688. The van der Waals surface area contributed by atoms with Crippen molar-refractivity contribution in [3.05, 3.63) is 47.1 Å². The van der Waals surface area contributed by atoms with E-state index >= 15 is 0 Å². The molecule has 1 fully saturated rings. The molecule has 66 heavy (non-hydrogen) atoms. The van der Waals surface area contributed by atoms with Gasteiger partial charge in [-0.2, -0.15) is 5.70 Å². The largest absolute Gasteiger partial charge is 2.00 e. The van der Waals surface area contributed by atoms with Crippen LogP contribution in [0.4, 0.5) is 0 Å². The number of nitrogens with two attached hydrogens (primary N) is 6. The number of allylic oxidation sites excluding steroid dienone is 6. The quantitative estimate of drug-likeness (QED) is 0.0781. The predicted molar refractivity (Wildman–Crippen MR) is 258 cm³/mol. The summed E-state index contributed by atoms with van der Waals surface area (Å²) in [6.07, 6.45) is 4.90. The van der Waals surface area contributed by atoms with E-state index in [4.69, 9.17) is 54.7 Å². The molecule has 0 saturated carbocycles. The van der Waals surface area contributed by atoms with E-state index in [9.17, 15) is 29.1 Å². The summed E-state index contributed by atoms with van der Waals surface area (Å²) >= 11 is 0. The number of amides is 5. The van der Waals surface area contributed by atoms with Gasteiger partial charge in [-0.15, -0.1) is 0 Å². The SMILES string of the molecule is CC(C)=C1[N-]C(C)(C2N=C(/C(C)=C3N=C(/C=C4\N=CC(C)(CC(N)=O)C4CCC(N)=O)C(C)(C)C\3CCC(N)=O)C(C)(CCC(=O)NCC(C)O)C2CN)C(C)(CN)C1CCC(N)=O.[CH3-].[Co+2]. The smallest absolute Gasteiger partial charge is 0.680 e. The molecular formula is C48H79CoN11O6. The zero-order valence-corrected chi connectivity index (χ0v) is 42.2. The molecule has 18 heteroatoms. The van der Waals surface area contributed by atoms with Gasteiger partial charge in [0.05, 0.1) is 6.10 Å². The Bertz CT molecular complexity index is 2060. The Kier molecular flexibility index (Phi) is 19.5. The van der Waals surface area contributed by atoms with Crippen LogP contribution in [0.15, 0.2) is 49.3 Å². The molecule has 0 aromatic heterocycles. The maximum atomic E-state index is 13.4. The van der Waals surface area contributed by atoms with Gasteiger partial charge in [0.25, 0.3) is 0 Å². The van der Waals surface area contributed by atoms with E-state index in [0.717, 1.165) is 16.8 Å². The van der Waals surface area contributed by atoms with Crippen molar-refractivity contribution >= 4 is 47.2 Å². The number of aliphatic hydroxyl groups is 1. The number of aliphatic imine (C=N–C) groups is 3. The van der Waals surface area contributed by atoms with E-state index in [0.29, 0.717) is 48.5 Å². The second kappa shape index (κ2) is 22.3. The number of hydrogen-bond donors (Lipinski definition) is 8. The summed E-state index contributed by atoms with van der Waals surface area (Å²) in [5.74, 6) is -3.29. The van der Waals surface area contributed by atoms with E-state index in [2.05, 4.69) is 39.9 Å². The van der Waals surface area contributed by atoms with Crippen molar-refractivity contribution in [2.24, 2.45) is 94.7 Å². The number of primary amides is 4. The summed E-state index contributed by atoms with van der Waals surface area (Å²) in [6.45, 7) is 20.4. The molecule has 0 bridgehead atoms. The summed E-state index contributed by atoms with van der Waals surface area (Å²) in [5, 5.41) is 18.3. The van der Waals surface area contributed by atoms with Gasteiger partial charge in [0.1, 0.15) is 0 Å². The molecule has 371 valence electrons.